The Balaban J connectivity index is 2.39. The molecule has 3 rings (SSSR count). The molecule has 0 aromatic heterocycles. The Bertz CT molecular complexity index is 839. The van der Waals surface area contributed by atoms with E-state index < -0.39 is 0 Å². The fourth-order valence-electron chi connectivity index (χ4n) is 2.39. The maximum Gasteiger partial charge on any atom is 0.150 e. The van der Waals surface area contributed by atoms with Gasteiger partial charge in [0.2, 0.25) is 0 Å². The summed E-state index contributed by atoms with van der Waals surface area (Å²) in [6.45, 7) is 0. The summed E-state index contributed by atoms with van der Waals surface area (Å²) in [4.78, 5) is 11.2. The van der Waals surface area contributed by atoms with Crippen LogP contribution >= 0.6 is 34.8 Å². The van der Waals surface area contributed by atoms with E-state index in [0.29, 0.717) is 20.6 Å². The number of aldehydes is 1. The number of carbonyl (C=O) groups is 1. The minimum absolute atomic E-state index is 0.504. The van der Waals surface area contributed by atoms with E-state index in [1.165, 1.54) is 0 Å². The Kier molecular flexibility index (Phi) is 3.90. The van der Waals surface area contributed by atoms with E-state index in [2.05, 4.69) is 0 Å². The minimum Gasteiger partial charge on any atom is -0.298 e. The summed E-state index contributed by atoms with van der Waals surface area (Å²) in [6, 6.07) is 14.6. The zero-order chi connectivity index (χ0) is 15.0. The van der Waals surface area contributed by atoms with Crippen molar-refractivity contribution in [3.63, 3.8) is 0 Å². The standard InChI is InChI=1S/C17H9Cl3O/c18-12-4-1-10(2-5-12)14-6-3-11(9-21)15-7-13(19)8-16(20)17(14)15/h1-9H. The Labute approximate surface area is 137 Å². The van der Waals surface area contributed by atoms with E-state index in [9.17, 15) is 4.79 Å². The quantitative estimate of drug-likeness (QED) is 0.504. The fourth-order valence-corrected chi connectivity index (χ4v) is 3.12. The smallest absolute Gasteiger partial charge is 0.150 e. The average molecular weight is 336 g/mol. The molecular formula is C17H9Cl3O. The van der Waals surface area contributed by atoms with Gasteiger partial charge < -0.3 is 0 Å². The number of hydrogen-bond acceptors (Lipinski definition) is 1. The molecule has 0 fully saturated rings. The third kappa shape index (κ3) is 2.65. The van der Waals surface area contributed by atoms with E-state index in [0.717, 1.165) is 28.2 Å². The van der Waals surface area contributed by atoms with Crippen molar-refractivity contribution in [1.29, 1.82) is 0 Å². The highest BCUT2D eigenvalue weighted by Gasteiger charge is 2.12. The summed E-state index contributed by atoms with van der Waals surface area (Å²) in [6.07, 6.45) is 0.806. The summed E-state index contributed by atoms with van der Waals surface area (Å²) >= 11 is 18.3. The second-order valence-electron chi connectivity index (χ2n) is 4.64. The van der Waals surface area contributed by atoms with Gasteiger partial charge in [-0.15, -0.1) is 0 Å². The summed E-state index contributed by atoms with van der Waals surface area (Å²) in [7, 11) is 0. The second-order valence-corrected chi connectivity index (χ2v) is 5.92. The molecule has 0 saturated heterocycles. The first-order valence-corrected chi connectivity index (χ1v) is 7.36. The number of benzene rings is 3. The van der Waals surface area contributed by atoms with Crippen LogP contribution in [-0.4, -0.2) is 6.29 Å². The van der Waals surface area contributed by atoms with Crippen molar-refractivity contribution >= 4 is 51.9 Å². The van der Waals surface area contributed by atoms with Crippen LogP contribution in [0, 0.1) is 0 Å². The van der Waals surface area contributed by atoms with E-state index in [-0.39, 0.29) is 0 Å². The number of hydrogen-bond donors (Lipinski definition) is 0. The Hall–Kier alpha value is -1.54. The molecule has 4 heteroatoms. The minimum atomic E-state index is 0.504. The van der Waals surface area contributed by atoms with Crippen LogP contribution in [0.4, 0.5) is 0 Å². The molecule has 1 nitrogen and oxygen atoms in total. The van der Waals surface area contributed by atoms with Gasteiger partial charge in [0.15, 0.2) is 6.29 Å². The summed E-state index contributed by atoms with van der Waals surface area (Å²) in [5.41, 5.74) is 2.48. The molecule has 0 N–H and O–H groups in total. The fraction of sp³-hybridized carbons (Fsp3) is 0. The molecule has 0 aliphatic carbocycles. The third-order valence-electron chi connectivity index (χ3n) is 3.35. The molecular weight excluding hydrogens is 327 g/mol. The average Bonchev–Trinajstić information content (AvgIpc) is 2.47. The molecule has 0 heterocycles. The largest absolute Gasteiger partial charge is 0.298 e. The van der Waals surface area contributed by atoms with Gasteiger partial charge in [0.1, 0.15) is 0 Å². The van der Waals surface area contributed by atoms with Crippen molar-refractivity contribution in [2.24, 2.45) is 0 Å². The number of carbonyl (C=O) groups excluding carboxylic acids is 1. The lowest BCUT2D eigenvalue weighted by Crippen LogP contribution is -1.89. The van der Waals surface area contributed by atoms with Gasteiger partial charge in [0.05, 0.1) is 5.02 Å². The van der Waals surface area contributed by atoms with Crippen LogP contribution in [0.2, 0.25) is 15.1 Å². The highest BCUT2D eigenvalue weighted by molar-refractivity contribution is 6.40. The normalized spacial score (nSPS) is 10.8. The molecule has 0 unspecified atom stereocenters. The summed E-state index contributed by atoms with van der Waals surface area (Å²) in [5.74, 6) is 0. The lowest BCUT2D eigenvalue weighted by molar-refractivity contribution is 0.112. The highest BCUT2D eigenvalue weighted by Crippen LogP contribution is 2.37. The maximum atomic E-state index is 11.2. The van der Waals surface area contributed by atoms with Crippen molar-refractivity contribution in [2.75, 3.05) is 0 Å². The van der Waals surface area contributed by atoms with Crippen LogP contribution in [0.25, 0.3) is 21.9 Å². The first-order chi connectivity index (χ1) is 10.1. The first kappa shape index (κ1) is 14.4. The highest BCUT2D eigenvalue weighted by atomic mass is 35.5. The molecule has 0 spiro atoms. The van der Waals surface area contributed by atoms with Crippen LogP contribution in [0.15, 0.2) is 48.5 Å². The molecule has 3 aromatic carbocycles. The number of rotatable bonds is 2. The van der Waals surface area contributed by atoms with Gasteiger partial charge in [0.25, 0.3) is 0 Å². The summed E-state index contributed by atoms with van der Waals surface area (Å²) in [5, 5.41) is 3.25. The van der Waals surface area contributed by atoms with Gasteiger partial charge in [-0.05, 0) is 40.8 Å². The van der Waals surface area contributed by atoms with E-state index in [1.54, 1.807) is 18.2 Å². The molecule has 21 heavy (non-hydrogen) atoms. The van der Waals surface area contributed by atoms with Gasteiger partial charge in [0, 0.05) is 21.0 Å². The van der Waals surface area contributed by atoms with Crippen LogP contribution in [0.1, 0.15) is 10.4 Å². The van der Waals surface area contributed by atoms with E-state index >= 15 is 0 Å². The van der Waals surface area contributed by atoms with Crippen LogP contribution in [-0.2, 0) is 0 Å². The Morgan fingerprint density at radius 2 is 1.52 bits per heavy atom. The Morgan fingerprint density at radius 1 is 0.810 bits per heavy atom. The number of halogens is 3. The topological polar surface area (TPSA) is 17.1 Å². The van der Waals surface area contributed by atoms with Gasteiger partial charge >= 0.3 is 0 Å². The van der Waals surface area contributed by atoms with Gasteiger partial charge in [-0.3, -0.25) is 4.79 Å². The molecule has 0 bridgehead atoms. The van der Waals surface area contributed by atoms with Crippen molar-refractivity contribution in [3.05, 3.63) is 69.2 Å². The van der Waals surface area contributed by atoms with Gasteiger partial charge in [-0.1, -0.05) is 59.1 Å². The van der Waals surface area contributed by atoms with E-state index in [4.69, 9.17) is 34.8 Å². The van der Waals surface area contributed by atoms with Crippen molar-refractivity contribution < 1.29 is 4.79 Å². The Morgan fingerprint density at radius 3 is 2.19 bits per heavy atom. The maximum absolute atomic E-state index is 11.2. The van der Waals surface area contributed by atoms with Crippen molar-refractivity contribution in [1.82, 2.24) is 0 Å². The zero-order valence-corrected chi connectivity index (χ0v) is 13.0. The molecule has 3 aromatic rings. The zero-order valence-electron chi connectivity index (χ0n) is 10.7. The predicted molar refractivity (Wildman–Crippen MR) is 89.8 cm³/mol. The molecule has 0 aliphatic heterocycles. The van der Waals surface area contributed by atoms with Crippen molar-refractivity contribution in [2.45, 2.75) is 0 Å². The molecule has 0 amide bonds. The SMILES string of the molecule is O=Cc1ccc(-c2ccc(Cl)cc2)c2c(Cl)cc(Cl)cc12. The van der Waals surface area contributed by atoms with E-state index in [1.807, 2.05) is 30.3 Å². The van der Waals surface area contributed by atoms with Crippen LogP contribution < -0.4 is 0 Å². The molecule has 0 saturated carbocycles. The van der Waals surface area contributed by atoms with Crippen LogP contribution in [0.5, 0.6) is 0 Å². The van der Waals surface area contributed by atoms with Gasteiger partial charge in [-0.25, -0.2) is 0 Å². The number of fused-ring (bicyclic) bond motifs is 1. The summed E-state index contributed by atoms with van der Waals surface area (Å²) < 4.78 is 0. The van der Waals surface area contributed by atoms with Crippen molar-refractivity contribution in [3.8, 4) is 11.1 Å². The molecule has 104 valence electrons. The predicted octanol–water partition coefficient (Wildman–Crippen LogP) is 6.28. The van der Waals surface area contributed by atoms with Crippen LogP contribution in [0.3, 0.4) is 0 Å². The molecule has 0 aliphatic rings. The molecule has 0 radical (unpaired) electrons. The lowest BCUT2D eigenvalue weighted by Gasteiger charge is -2.11. The first-order valence-electron chi connectivity index (χ1n) is 6.23. The molecule has 0 atom stereocenters. The monoisotopic (exact) mass is 334 g/mol. The second kappa shape index (κ2) is 5.69. The lowest BCUT2D eigenvalue weighted by atomic mass is 9.95. The third-order valence-corrected chi connectivity index (χ3v) is 4.12. The van der Waals surface area contributed by atoms with Gasteiger partial charge in [-0.2, -0.15) is 0 Å².